The van der Waals surface area contributed by atoms with E-state index in [1.165, 1.54) is 10.6 Å². The van der Waals surface area contributed by atoms with Crippen LogP contribution in [0.2, 0.25) is 5.02 Å². The van der Waals surface area contributed by atoms with Crippen LogP contribution < -0.4 is 9.62 Å². The number of aryl methyl sites for hydroxylation is 2. The quantitative estimate of drug-likeness (QED) is 0.533. The summed E-state index contributed by atoms with van der Waals surface area (Å²) in [6.45, 7) is 5.96. The predicted octanol–water partition coefficient (Wildman–Crippen LogP) is 5.48. The maximum atomic E-state index is 12.6. The summed E-state index contributed by atoms with van der Waals surface area (Å²) in [6, 6.07) is 17.8. The van der Waals surface area contributed by atoms with Gasteiger partial charge in [0.1, 0.15) is 0 Å². The van der Waals surface area contributed by atoms with Gasteiger partial charge in [-0.2, -0.15) is 0 Å². The second kappa shape index (κ2) is 9.12. The fourth-order valence-electron chi connectivity index (χ4n) is 3.15. The average molecular weight is 457 g/mol. The van der Waals surface area contributed by atoms with E-state index in [-0.39, 0.29) is 12.5 Å². The maximum Gasteiger partial charge on any atom is 0.255 e. The van der Waals surface area contributed by atoms with Gasteiger partial charge in [0.05, 0.1) is 18.5 Å². The van der Waals surface area contributed by atoms with E-state index in [0.717, 1.165) is 22.3 Å². The second-order valence-electron chi connectivity index (χ2n) is 7.60. The van der Waals surface area contributed by atoms with Crippen molar-refractivity contribution in [2.75, 3.05) is 15.9 Å². The van der Waals surface area contributed by atoms with Gasteiger partial charge in [-0.05, 0) is 79.4 Å². The van der Waals surface area contributed by atoms with Crippen LogP contribution in [0.4, 0.5) is 11.4 Å². The lowest BCUT2D eigenvalue weighted by atomic mass is 10.1. The molecule has 3 aromatic carbocycles. The molecule has 162 valence electrons. The fraction of sp³-hybridized carbons (Fsp3) is 0.208. The molecular weight excluding hydrogens is 432 g/mol. The molecule has 3 aromatic rings. The molecular formula is C24H25ClN2O3S. The highest BCUT2D eigenvalue weighted by molar-refractivity contribution is 7.92. The summed E-state index contributed by atoms with van der Waals surface area (Å²) in [5.41, 5.74) is 5.44. The summed E-state index contributed by atoms with van der Waals surface area (Å²) in [5, 5.41) is 3.44. The van der Waals surface area contributed by atoms with Crippen LogP contribution >= 0.6 is 11.6 Å². The molecule has 0 radical (unpaired) electrons. The van der Waals surface area contributed by atoms with Crippen molar-refractivity contribution in [3.05, 3.63) is 93.5 Å². The van der Waals surface area contributed by atoms with Gasteiger partial charge in [-0.3, -0.25) is 9.10 Å². The molecule has 0 saturated heterocycles. The third-order valence-electron chi connectivity index (χ3n) is 5.24. The monoisotopic (exact) mass is 456 g/mol. The Hall–Kier alpha value is -2.83. The highest BCUT2D eigenvalue weighted by Crippen LogP contribution is 2.25. The van der Waals surface area contributed by atoms with Crippen LogP contribution in [0, 0.1) is 20.8 Å². The third-order valence-corrected chi connectivity index (χ3v) is 6.79. The third kappa shape index (κ3) is 5.46. The Balaban J connectivity index is 1.80. The first-order valence-electron chi connectivity index (χ1n) is 9.76. The Labute approximate surface area is 188 Å². The number of anilines is 2. The molecule has 0 fully saturated rings. The van der Waals surface area contributed by atoms with Gasteiger partial charge >= 0.3 is 0 Å². The number of hydrogen-bond donors (Lipinski definition) is 1. The van der Waals surface area contributed by atoms with Crippen LogP contribution in [0.15, 0.2) is 60.7 Å². The Bertz CT molecular complexity index is 1220. The molecule has 5 nitrogen and oxygen atoms in total. The van der Waals surface area contributed by atoms with Crippen LogP contribution in [0.5, 0.6) is 0 Å². The molecule has 0 aliphatic rings. The molecule has 0 atom stereocenters. The fourth-order valence-corrected chi connectivity index (χ4v) is 4.20. The van der Waals surface area contributed by atoms with Crippen molar-refractivity contribution >= 4 is 38.9 Å². The SMILES string of the molecule is Cc1ccc(N(Cc2ccc(C(=O)Nc3cccc(Cl)c3C)cc2)S(C)(=O)=O)cc1C. The lowest BCUT2D eigenvalue weighted by Crippen LogP contribution is -2.29. The number of hydrogen-bond acceptors (Lipinski definition) is 3. The van der Waals surface area contributed by atoms with Crippen LogP contribution in [-0.2, 0) is 16.6 Å². The number of nitrogens with one attached hydrogen (secondary N) is 1. The van der Waals surface area contributed by atoms with Crippen molar-refractivity contribution in [2.24, 2.45) is 0 Å². The van der Waals surface area contributed by atoms with Gasteiger partial charge in [-0.15, -0.1) is 0 Å². The molecule has 3 rings (SSSR count). The standard InChI is InChI=1S/C24H25ClN2O3S/c1-16-8-13-21(14-17(16)2)27(31(4,29)30)15-19-9-11-20(12-10-19)24(28)26-23-7-5-6-22(25)18(23)3/h5-14H,15H2,1-4H3,(H,26,28). The number of sulfonamides is 1. The zero-order chi connectivity index (χ0) is 22.8. The highest BCUT2D eigenvalue weighted by atomic mass is 35.5. The molecule has 1 N–H and O–H groups in total. The van der Waals surface area contributed by atoms with E-state index in [4.69, 9.17) is 11.6 Å². The van der Waals surface area contributed by atoms with E-state index in [1.807, 2.05) is 32.9 Å². The van der Waals surface area contributed by atoms with Gasteiger partial charge in [-0.1, -0.05) is 35.9 Å². The van der Waals surface area contributed by atoms with Crippen LogP contribution in [0.1, 0.15) is 32.6 Å². The van der Waals surface area contributed by atoms with Crippen molar-refractivity contribution in [3.8, 4) is 0 Å². The summed E-state index contributed by atoms with van der Waals surface area (Å²) in [5.74, 6) is -0.258. The van der Waals surface area contributed by atoms with E-state index in [1.54, 1.807) is 48.5 Å². The zero-order valence-corrected chi connectivity index (χ0v) is 19.5. The molecule has 31 heavy (non-hydrogen) atoms. The first kappa shape index (κ1) is 22.8. The molecule has 1 amide bonds. The lowest BCUT2D eigenvalue weighted by molar-refractivity contribution is 0.102. The minimum Gasteiger partial charge on any atom is -0.322 e. The summed E-state index contributed by atoms with van der Waals surface area (Å²) >= 11 is 6.11. The van der Waals surface area contributed by atoms with E-state index < -0.39 is 10.0 Å². The molecule has 0 aliphatic carbocycles. The Morgan fingerprint density at radius 3 is 2.26 bits per heavy atom. The van der Waals surface area contributed by atoms with Gasteiger partial charge < -0.3 is 5.32 Å². The van der Waals surface area contributed by atoms with Gasteiger partial charge in [0, 0.05) is 16.3 Å². The molecule has 0 unspecified atom stereocenters. The smallest absolute Gasteiger partial charge is 0.255 e. The Kier molecular flexibility index (Phi) is 6.72. The Morgan fingerprint density at radius 1 is 0.968 bits per heavy atom. The second-order valence-corrected chi connectivity index (χ2v) is 9.92. The van der Waals surface area contributed by atoms with Crippen molar-refractivity contribution in [1.82, 2.24) is 0 Å². The van der Waals surface area contributed by atoms with Gasteiger partial charge in [-0.25, -0.2) is 8.42 Å². The van der Waals surface area contributed by atoms with Gasteiger partial charge in [0.2, 0.25) is 10.0 Å². The summed E-state index contributed by atoms with van der Waals surface area (Å²) in [6.07, 6.45) is 1.19. The molecule has 0 aromatic heterocycles. The lowest BCUT2D eigenvalue weighted by Gasteiger charge is -2.23. The molecule has 0 heterocycles. The average Bonchev–Trinajstić information content (AvgIpc) is 2.71. The largest absolute Gasteiger partial charge is 0.322 e. The number of halogens is 1. The van der Waals surface area contributed by atoms with Crippen LogP contribution in [0.25, 0.3) is 0 Å². The van der Waals surface area contributed by atoms with Crippen molar-refractivity contribution in [1.29, 1.82) is 0 Å². The van der Waals surface area contributed by atoms with Crippen molar-refractivity contribution in [2.45, 2.75) is 27.3 Å². The maximum absolute atomic E-state index is 12.6. The first-order chi connectivity index (χ1) is 14.6. The number of benzene rings is 3. The topological polar surface area (TPSA) is 66.5 Å². The van der Waals surface area contributed by atoms with Gasteiger partial charge in [0.15, 0.2) is 0 Å². The molecule has 7 heteroatoms. The normalized spacial score (nSPS) is 11.3. The summed E-state index contributed by atoms with van der Waals surface area (Å²) in [7, 11) is -3.48. The first-order valence-corrected chi connectivity index (χ1v) is 12.0. The highest BCUT2D eigenvalue weighted by Gasteiger charge is 2.19. The number of carbonyl (C=O) groups is 1. The number of carbonyl (C=O) groups excluding carboxylic acids is 1. The zero-order valence-electron chi connectivity index (χ0n) is 17.9. The molecule has 0 bridgehead atoms. The molecule has 0 spiro atoms. The minimum atomic E-state index is -3.48. The van der Waals surface area contributed by atoms with E-state index in [0.29, 0.717) is 22.0 Å². The summed E-state index contributed by atoms with van der Waals surface area (Å²) in [4.78, 5) is 12.6. The van der Waals surface area contributed by atoms with Gasteiger partial charge in [0.25, 0.3) is 5.91 Å². The predicted molar refractivity (Wildman–Crippen MR) is 128 cm³/mol. The summed E-state index contributed by atoms with van der Waals surface area (Å²) < 4.78 is 26.2. The Morgan fingerprint density at radius 2 is 1.65 bits per heavy atom. The number of nitrogens with zero attached hydrogens (tertiary/aromatic N) is 1. The van der Waals surface area contributed by atoms with Crippen molar-refractivity contribution in [3.63, 3.8) is 0 Å². The minimum absolute atomic E-state index is 0.177. The number of rotatable bonds is 6. The van der Waals surface area contributed by atoms with E-state index >= 15 is 0 Å². The van der Waals surface area contributed by atoms with E-state index in [2.05, 4.69) is 5.32 Å². The van der Waals surface area contributed by atoms with Crippen molar-refractivity contribution < 1.29 is 13.2 Å². The van der Waals surface area contributed by atoms with E-state index in [9.17, 15) is 13.2 Å². The number of amides is 1. The van der Waals surface area contributed by atoms with Crippen LogP contribution in [0.3, 0.4) is 0 Å². The molecule has 0 aliphatic heterocycles. The van der Waals surface area contributed by atoms with Crippen LogP contribution in [-0.4, -0.2) is 20.6 Å². The molecule has 0 saturated carbocycles.